The summed E-state index contributed by atoms with van der Waals surface area (Å²) in [5, 5.41) is 2.75. The molecule has 0 bridgehead atoms. The summed E-state index contributed by atoms with van der Waals surface area (Å²) in [6, 6.07) is 5.40. The lowest BCUT2D eigenvalue weighted by Gasteiger charge is -2.10. The number of benzene rings is 1. The minimum absolute atomic E-state index is 0.109. The molecule has 0 radical (unpaired) electrons. The molecule has 0 spiro atoms. The van der Waals surface area contributed by atoms with Gasteiger partial charge < -0.3 is 10.1 Å². The number of rotatable bonds is 4. The lowest BCUT2D eigenvalue weighted by molar-refractivity contribution is 0.0952. The maximum atomic E-state index is 11.7. The van der Waals surface area contributed by atoms with Crippen molar-refractivity contribution in [3.63, 3.8) is 0 Å². The Morgan fingerprint density at radius 2 is 2.20 bits per heavy atom. The van der Waals surface area contributed by atoms with E-state index in [1.54, 1.807) is 12.1 Å². The van der Waals surface area contributed by atoms with Gasteiger partial charge in [-0.1, -0.05) is 15.9 Å². The van der Waals surface area contributed by atoms with Crippen LogP contribution in [0.2, 0.25) is 0 Å². The van der Waals surface area contributed by atoms with Gasteiger partial charge in [-0.15, -0.1) is 0 Å². The molecule has 0 saturated carbocycles. The van der Waals surface area contributed by atoms with Crippen LogP contribution in [0.15, 0.2) is 22.7 Å². The summed E-state index contributed by atoms with van der Waals surface area (Å²) < 4.78 is 6.25. The Balaban J connectivity index is 3.00. The predicted octanol–water partition coefficient (Wildman–Crippen LogP) is 2.60. The molecule has 1 rings (SSSR count). The highest BCUT2D eigenvalue weighted by Crippen LogP contribution is 2.23. The van der Waals surface area contributed by atoms with Gasteiger partial charge in [0.1, 0.15) is 5.75 Å². The normalized spacial score (nSPS) is 9.80. The molecular formula is C11H14BrNO2. The fraction of sp³-hybridized carbons (Fsp3) is 0.364. The fourth-order valence-electron chi connectivity index (χ4n) is 1.22. The highest BCUT2D eigenvalue weighted by atomic mass is 79.9. The quantitative estimate of drug-likeness (QED) is 0.914. The number of hydrogen-bond donors (Lipinski definition) is 1. The highest BCUT2D eigenvalue weighted by molar-refractivity contribution is 9.10. The van der Waals surface area contributed by atoms with Crippen LogP contribution in [-0.4, -0.2) is 19.1 Å². The number of halogens is 1. The molecule has 0 aliphatic rings. The Morgan fingerprint density at radius 1 is 1.47 bits per heavy atom. The van der Waals surface area contributed by atoms with Crippen LogP contribution in [0.5, 0.6) is 5.75 Å². The molecule has 1 aromatic carbocycles. The van der Waals surface area contributed by atoms with Gasteiger partial charge in [-0.25, -0.2) is 0 Å². The van der Waals surface area contributed by atoms with Gasteiger partial charge in [0.15, 0.2) is 0 Å². The summed E-state index contributed by atoms with van der Waals surface area (Å²) in [6.07, 6.45) is 0. The lowest BCUT2D eigenvalue weighted by Crippen LogP contribution is -2.23. The van der Waals surface area contributed by atoms with Crippen molar-refractivity contribution in [2.24, 2.45) is 0 Å². The van der Waals surface area contributed by atoms with E-state index in [1.165, 1.54) is 0 Å². The Kier molecular flexibility index (Phi) is 4.62. The summed E-state index contributed by atoms with van der Waals surface area (Å²) in [5.41, 5.74) is 0.563. The van der Waals surface area contributed by atoms with Crippen molar-refractivity contribution in [1.29, 1.82) is 0 Å². The Hall–Kier alpha value is -1.03. The first-order valence-corrected chi connectivity index (χ1v) is 5.68. The van der Waals surface area contributed by atoms with Gasteiger partial charge in [0.2, 0.25) is 0 Å². The average molecular weight is 272 g/mol. The zero-order valence-electron chi connectivity index (χ0n) is 8.84. The minimum Gasteiger partial charge on any atom is -0.493 e. The topological polar surface area (TPSA) is 38.3 Å². The van der Waals surface area contributed by atoms with Crippen molar-refractivity contribution in [2.45, 2.75) is 13.8 Å². The molecule has 1 N–H and O–H groups in total. The van der Waals surface area contributed by atoms with Gasteiger partial charge in [-0.05, 0) is 32.0 Å². The first-order valence-electron chi connectivity index (χ1n) is 4.89. The molecule has 15 heavy (non-hydrogen) atoms. The highest BCUT2D eigenvalue weighted by Gasteiger charge is 2.11. The molecule has 4 heteroatoms. The van der Waals surface area contributed by atoms with E-state index in [0.717, 1.165) is 4.47 Å². The summed E-state index contributed by atoms with van der Waals surface area (Å²) in [4.78, 5) is 11.7. The zero-order chi connectivity index (χ0) is 11.3. The lowest BCUT2D eigenvalue weighted by atomic mass is 10.2. The van der Waals surface area contributed by atoms with Crippen LogP contribution in [-0.2, 0) is 0 Å². The van der Waals surface area contributed by atoms with Gasteiger partial charge in [0.25, 0.3) is 5.91 Å². The number of carbonyl (C=O) groups is 1. The van der Waals surface area contributed by atoms with Crippen LogP contribution in [0.25, 0.3) is 0 Å². The van der Waals surface area contributed by atoms with E-state index in [1.807, 2.05) is 19.9 Å². The number of ether oxygens (including phenoxy) is 1. The van der Waals surface area contributed by atoms with Crippen LogP contribution in [0.3, 0.4) is 0 Å². The second-order valence-corrected chi connectivity index (χ2v) is 3.85. The summed E-state index contributed by atoms with van der Waals surface area (Å²) in [5.74, 6) is 0.508. The maximum Gasteiger partial charge on any atom is 0.255 e. The fourth-order valence-corrected chi connectivity index (χ4v) is 1.58. The minimum atomic E-state index is -0.109. The molecule has 0 fully saturated rings. The third-order valence-corrected chi connectivity index (χ3v) is 2.32. The van der Waals surface area contributed by atoms with Crippen molar-refractivity contribution < 1.29 is 9.53 Å². The third-order valence-electron chi connectivity index (χ3n) is 1.82. The molecule has 1 amide bonds. The van der Waals surface area contributed by atoms with E-state index < -0.39 is 0 Å². The number of nitrogens with one attached hydrogen (secondary N) is 1. The molecule has 3 nitrogen and oxygen atoms in total. The van der Waals surface area contributed by atoms with Gasteiger partial charge in [-0.2, -0.15) is 0 Å². The van der Waals surface area contributed by atoms with Gasteiger partial charge in [0.05, 0.1) is 12.2 Å². The molecule has 0 aromatic heterocycles. The van der Waals surface area contributed by atoms with E-state index in [-0.39, 0.29) is 5.91 Å². The second kappa shape index (κ2) is 5.75. The van der Waals surface area contributed by atoms with Crippen LogP contribution in [0.1, 0.15) is 24.2 Å². The molecule has 82 valence electrons. The zero-order valence-corrected chi connectivity index (χ0v) is 10.4. The number of amides is 1. The van der Waals surface area contributed by atoms with Crippen LogP contribution in [0, 0.1) is 0 Å². The van der Waals surface area contributed by atoms with Crippen LogP contribution in [0.4, 0.5) is 0 Å². The summed E-state index contributed by atoms with van der Waals surface area (Å²) in [7, 11) is 0. The predicted molar refractivity (Wildman–Crippen MR) is 63.3 cm³/mol. The van der Waals surface area contributed by atoms with Crippen molar-refractivity contribution in [3.05, 3.63) is 28.2 Å². The molecule has 1 aromatic rings. The molecule has 0 aliphatic heterocycles. The Bertz CT molecular complexity index is 352. The first-order chi connectivity index (χ1) is 7.19. The van der Waals surface area contributed by atoms with Crippen LogP contribution >= 0.6 is 15.9 Å². The van der Waals surface area contributed by atoms with Crippen molar-refractivity contribution in [3.8, 4) is 5.75 Å². The van der Waals surface area contributed by atoms with E-state index in [9.17, 15) is 4.79 Å². The largest absolute Gasteiger partial charge is 0.493 e. The molecule has 0 heterocycles. The van der Waals surface area contributed by atoms with E-state index in [0.29, 0.717) is 24.5 Å². The van der Waals surface area contributed by atoms with Crippen molar-refractivity contribution >= 4 is 21.8 Å². The number of hydrogen-bond acceptors (Lipinski definition) is 2. The third kappa shape index (κ3) is 3.23. The summed E-state index contributed by atoms with van der Waals surface area (Å²) >= 11 is 3.33. The van der Waals surface area contributed by atoms with Crippen LogP contribution < -0.4 is 10.1 Å². The standard InChI is InChI=1S/C11H14BrNO2/c1-3-13-11(14)9-7-8(12)5-6-10(9)15-4-2/h5-7H,3-4H2,1-2H3,(H,13,14). The second-order valence-electron chi connectivity index (χ2n) is 2.93. The monoisotopic (exact) mass is 271 g/mol. The molecular weight excluding hydrogens is 258 g/mol. The molecule has 0 unspecified atom stereocenters. The molecule has 0 atom stereocenters. The Morgan fingerprint density at radius 3 is 2.80 bits per heavy atom. The summed E-state index contributed by atoms with van der Waals surface area (Å²) in [6.45, 7) is 4.94. The maximum absolute atomic E-state index is 11.7. The van der Waals surface area contributed by atoms with E-state index >= 15 is 0 Å². The first kappa shape index (κ1) is 12.0. The van der Waals surface area contributed by atoms with E-state index in [4.69, 9.17) is 4.74 Å². The van der Waals surface area contributed by atoms with Crippen molar-refractivity contribution in [1.82, 2.24) is 5.32 Å². The smallest absolute Gasteiger partial charge is 0.255 e. The van der Waals surface area contributed by atoms with Gasteiger partial charge in [-0.3, -0.25) is 4.79 Å². The number of carbonyl (C=O) groups excluding carboxylic acids is 1. The molecule has 0 aliphatic carbocycles. The Labute approximate surface area is 97.9 Å². The SMILES string of the molecule is CCNC(=O)c1cc(Br)ccc1OCC. The van der Waals surface area contributed by atoms with Crippen molar-refractivity contribution in [2.75, 3.05) is 13.2 Å². The average Bonchev–Trinajstić information content (AvgIpc) is 2.21. The van der Waals surface area contributed by atoms with Gasteiger partial charge >= 0.3 is 0 Å². The van der Waals surface area contributed by atoms with Gasteiger partial charge in [0, 0.05) is 11.0 Å². The molecule has 0 saturated heterocycles. The van der Waals surface area contributed by atoms with E-state index in [2.05, 4.69) is 21.2 Å².